The van der Waals surface area contributed by atoms with Gasteiger partial charge in [-0.05, 0) is 32.6 Å². The molecule has 0 radical (unpaired) electrons. The van der Waals surface area contributed by atoms with Crippen molar-refractivity contribution in [2.75, 3.05) is 32.8 Å². The standard InChI is InChI=1S/C21H32N4O4/c1-5-29-21(28)17-7-6-9-24(14-17)19(26)8-10-25(13-15(2)3)20(27)18-12-22-16(4)11-23-18/h11-12,15,17H,5-10,13-14H2,1-4H3/t17-/m0/s1. The van der Waals surface area contributed by atoms with E-state index < -0.39 is 0 Å². The van der Waals surface area contributed by atoms with Gasteiger partial charge in [-0.1, -0.05) is 13.8 Å². The summed E-state index contributed by atoms with van der Waals surface area (Å²) >= 11 is 0. The maximum atomic E-state index is 12.8. The van der Waals surface area contributed by atoms with Crippen molar-refractivity contribution in [3.8, 4) is 0 Å². The summed E-state index contributed by atoms with van der Waals surface area (Å²) in [4.78, 5) is 49.2. The maximum Gasteiger partial charge on any atom is 0.310 e. The summed E-state index contributed by atoms with van der Waals surface area (Å²) in [6.07, 6.45) is 4.78. The Balaban J connectivity index is 1.97. The average molecular weight is 405 g/mol. The third kappa shape index (κ3) is 6.80. The molecule has 1 atom stereocenters. The van der Waals surface area contributed by atoms with Gasteiger partial charge >= 0.3 is 5.97 Å². The number of ether oxygens (including phenoxy) is 1. The zero-order valence-electron chi connectivity index (χ0n) is 17.9. The normalized spacial score (nSPS) is 16.6. The monoisotopic (exact) mass is 404 g/mol. The zero-order valence-corrected chi connectivity index (χ0v) is 17.9. The molecule has 8 nitrogen and oxygen atoms in total. The molecule has 1 saturated heterocycles. The van der Waals surface area contributed by atoms with Crippen molar-refractivity contribution in [3.63, 3.8) is 0 Å². The van der Waals surface area contributed by atoms with Crippen molar-refractivity contribution in [1.82, 2.24) is 19.8 Å². The minimum atomic E-state index is -0.260. The van der Waals surface area contributed by atoms with Crippen LogP contribution < -0.4 is 0 Å². The number of amides is 2. The SMILES string of the molecule is CCOC(=O)[C@H]1CCCN(C(=O)CCN(CC(C)C)C(=O)c2cnc(C)cn2)C1. The molecule has 1 aliphatic heterocycles. The highest BCUT2D eigenvalue weighted by Gasteiger charge is 2.29. The molecule has 160 valence electrons. The molecule has 0 unspecified atom stereocenters. The quantitative estimate of drug-likeness (QED) is 0.616. The molecule has 2 heterocycles. The number of esters is 1. The number of hydrogen-bond donors (Lipinski definition) is 0. The summed E-state index contributed by atoms with van der Waals surface area (Å²) in [5, 5.41) is 0. The third-order valence-corrected chi connectivity index (χ3v) is 4.86. The topological polar surface area (TPSA) is 92.7 Å². The van der Waals surface area contributed by atoms with E-state index in [-0.39, 0.29) is 41.7 Å². The molecule has 0 aromatic carbocycles. The van der Waals surface area contributed by atoms with Crippen molar-refractivity contribution < 1.29 is 19.1 Å². The molecule has 0 saturated carbocycles. The van der Waals surface area contributed by atoms with Crippen molar-refractivity contribution in [2.45, 2.75) is 47.0 Å². The number of aromatic nitrogens is 2. The van der Waals surface area contributed by atoms with Crippen molar-refractivity contribution in [3.05, 3.63) is 23.8 Å². The number of rotatable bonds is 8. The molecule has 2 rings (SSSR count). The van der Waals surface area contributed by atoms with Crippen LogP contribution in [0.25, 0.3) is 0 Å². The van der Waals surface area contributed by atoms with Gasteiger partial charge in [0.2, 0.25) is 5.91 Å². The summed E-state index contributed by atoms with van der Waals surface area (Å²) in [6, 6.07) is 0. The van der Waals surface area contributed by atoms with Gasteiger partial charge in [0.15, 0.2) is 0 Å². The predicted molar refractivity (Wildman–Crippen MR) is 108 cm³/mol. The van der Waals surface area contributed by atoms with Gasteiger partial charge in [-0.15, -0.1) is 0 Å². The molecule has 0 bridgehead atoms. The van der Waals surface area contributed by atoms with Gasteiger partial charge in [0.25, 0.3) is 5.91 Å². The Kier molecular flexibility index (Phi) is 8.54. The van der Waals surface area contributed by atoms with Crippen LogP contribution in [-0.2, 0) is 14.3 Å². The zero-order chi connectivity index (χ0) is 21.4. The highest BCUT2D eigenvalue weighted by atomic mass is 16.5. The second kappa shape index (κ2) is 10.9. The summed E-state index contributed by atoms with van der Waals surface area (Å²) < 4.78 is 5.10. The second-order valence-corrected chi connectivity index (χ2v) is 7.87. The molecule has 2 amide bonds. The molecule has 1 fully saturated rings. The molecule has 0 aliphatic carbocycles. The van der Waals surface area contributed by atoms with Gasteiger partial charge in [-0.3, -0.25) is 19.4 Å². The largest absolute Gasteiger partial charge is 0.466 e. The van der Waals surface area contributed by atoms with E-state index in [1.807, 2.05) is 20.8 Å². The first-order valence-corrected chi connectivity index (χ1v) is 10.3. The van der Waals surface area contributed by atoms with E-state index >= 15 is 0 Å². The van der Waals surface area contributed by atoms with E-state index in [1.165, 1.54) is 6.20 Å². The first-order chi connectivity index (χ1) is 13.8. The van der Waals surface area contributed by atoms with Gasteiger partial charge in [-0.2, -0.15) is 0 Å². The first kappa shape index (κ1) is 22.8. The summed E-state index contributed by atoms with van der Waals surface area (Å²) in [7, 11) is 0. The van der Waals surface area contributed by atoms with Crippen LogP contribution in [0.3, 0.4) is 0 Å². The van der Waals surface area contributed by atoms with E-state index in [2.05, 4.69) is 9.97 Å². The number of nitrogens with zero attached hydrogens (tertiary/aromatic N) is 4. The van der Waals surface area contributed by atoms with Gasteiger partial charge in [0.1, 0.15) is 5.69 Å². The Morgan fingerprint density at radius 2 is 2.03 bits per heavy atom. The van der Waals surface area contributed by atoms with E-state index in [1.54, 1.807) is 22.9 Å². The lowest BCUT2D eigenvalue weighted by atomic mass is 9.98. The Hall–Kier alpha value is -2.51. The van der Waals surface area contributed by atoms with Crippen molar-refractivity contribution in [2.24, 2.45) is 11.8 Å². The summed E-state index contributed by atoms with van der Waals surface area (Å²) in [6.45, 7) is 9.86. The minimum absolute atomic E-state index is 0.0458. The maximum absolute atomic E-state index is 12.8. The molecule has 1 aromatic rings. The summed E-state index contributed by atoms with van der Waals surface area (Å²) in [5.74, 6) is -0.503. The van der Waals surface area contributed by atoms with E-state index in [0.717, 1.165) is 18.5 Å². The Bertz CT molecular complexity index is 705. The molecular formula is C21H32N4O4. The number of carbonyl (C=O) groups excluding carboxylic acids is 3. The van der Waals surface area contributed by atoms with Crippen molar-refractivity contribution >= 4 is 17.8 Å². The molecule has 0 N–H and O–H groups in total. The van der Waals surface area contributed by atoms with E-state index in [9.17, 15) is 14.4 Å². The fraction of sp³-hybridized carbons (Fsp3) is 0.667. The number of hydrogen-bond acceptors (Lipinski definition) is 6. The fourth-order valence-electron chi connectivity index (χ4n) is 3.43. The third-order valence-electron chi connectivity index (χ3n) is 4.86. The highest BCUT2D eigenvalue weighted by molar-refractivity contribution is 5.92. The van der Waals surface area contributed by atoms with Crippen LogP contribution in [0.5, 0.6) is 0 Å². The first-order valence-electron chi connectivity index (χ1n) is 10.3. The number of piperidine rings is 1. The van der Waals surface area contributed by atoms with Gasteiger partial charge < -0.3 is 14.5 Å². The average Bonchev–Trinajstić information content (AvgIpc) is 2.71. The lowest BCUT2D eigenvalue weighted by Crippen LogP contribution is -2.44. The lowest BCUT2D eigenvalue weighted by molar-refractivity contribution is -0.151. The fourth-order valence-corrected chi connectivity index (χ4v) is 3.43. The highest BCUT2D eigenvalue weighted by Crippen LogP contribution is 2.19. The van der Waals surface area contributed by atoms with Crippen LogP contribution in [0, 0.1) is 18.8 Å². The molecule has 8 heteroatoms. The second-order valence-electron chi connectivity index (χ2n) is 7.87. The van der Waals surface area contributed by atoms with E-state index in [4.69, 9.17) is 4.74 Å². The van der Waals surface area contributed by atoms with Crippen molar-refractivity contribution in [1.29, 1.82) is 0 Å². The molecular weight excluding hydrogens is 372 g/mol. The van der Waals surface area contributed by atoms with Gasteiger partial charge in [0.05, 0.1) is 24.4 Å². The number of likely N-dealkylation sites (tertiary alicyclic amines) is 1. The number of carbonyl (C=O) groups is 3. The van der Waals surface area contributed by atoms with Crippen LogP contribution in [-0.4, -0.2) is 70.3 Å². The minimum Gasteiger partial charge on any atom is -0.466 e. The van der Waals surface area contributed by atoms with Gasteiger partial charge in [0, 0.05) is 38.8 Å². The van der Waals surface area contributed by atoms with Gasteiger partial charge in [-0.25, -0.2) is 4.98 Å². The summed E-state index contributed by atoms with van der Waals surface area (Å²) in [5.41, 5.74) is 1.03. The Labute approximate surface area is 172 Å². The van der Waals surface area contributed by atoms with Crippen LogP contribution in [0.1, 0.15) is 56.2 Å². The Morgan fingerprint density at radius 3 is 2.66 bits per heavy atom. The van der Waals surface area contributed by atoms with E-state index in [0.29, 0.717) is 32.8 Å². The molecule has 29 heavy (non-hydrogen) atoms. The smallest absolute Gasteiger partial charge is 0.310 e. The Morgan fingerprint density at radius 1 is 1.28 bits per heavy atom. The molecule has 1 aromatic heterocycles. The predicted octanol–water partition coefficient (Wildman–Crippen LogP) is 2.08. The van der Waals surface area contributed by atoms with Crippen LogP contribution in [0.4, 0.5) is 0 Å². The number of aryl methyl sites for hydroxylation is 1. The lowest BCUT2D eigenvalue weighted by Gasteiger charge is -2.32. The molecule has 0 spiro atoms. The van der Waals surface area contributed by atoms with Crippen LogP contribution in [0.2, 0.25) is 0 Å². The molecule has 1 aliphatic rings. The van der Waals surface area contributed by atoms with Crippen LogP contribution >= 0.6 is 0 Å². The van der Waals surface area contributed by atoms with Crippen LogP contribution in [0.15, 0.2) is 12.4 Å².